The van der Waals surface area contributed by atoms with Crippen molar-refractivity contribution in [2.45, 2.75) is 0 Å². The van der Waals surface area contributed by atoms with Gasteiger partial charge in [-0.2, -0.15) is 5.26 Å². The Kier molecular flexibility index (Phi) is 7.32. The minimum Gasteiger partial charge on any atom is -0.423 e. The molecule has 1 amide bonds. The van der Waals surface area contributed by atoms with Crippen molar-refractivity contribution in [2.75, 3.05) is 5.32 Å². The van der Waals surface area contributed by atoms with E-state index in [1.807, 2.05) is 6.07 Å². The third-order valence-electron chi connectivity index (χ3n) is 4.03. The zero-order valence-electron chi connectivity index (χ0n) is 15.7. The van der Waals surface area contributed by atoms with Crippen LogP contribution in [0, 0.1) is 11.3 Å². The summed E-state index contributed by atoms with van der Waals surface area (Å²) < 4.78 is 5.35. The quantitative estimate of drug-likeness (QED) is 0.202. The molecule has 3 aromatic carbocycles. The molecule has 0 saturated heterocycles. The van der Waals surface area contributed by atoms with Crippen molar-refractivity contribution in [2.24, 2.45) is 0 Å². The van der Waals surface area contributed by atoms with Crippen LogP contribution in [0.15, 0.2) is 72.3 Å². The minimum absolute atomic E-state index is 0.183. The number of nitrogens with zero attached hydrogens (tertiary/aromatic N) is 1. The predicted molar refractivity (Wildman–Crippen MR) is 122 cm³/mol. The molecule has 0 atom stereocenters. The van der Waals surface area contributed by atoms with Crippen molar-refractivity contribution in [1.29, 1.82) is 5.26 Å². The van der Waals surface area contributed by atoms with Crippen LogP contribution in [0.25, 0.3) is 6.08 Å². The first-order chi connectivity index (χ1) is 14.9. The van der Waals surface area contributed by atoms with Crippen molar-refractivity contribution < 1.29 is 14.3 Å². The van der Waals surface area contributed by atoms with Gasteiger partial charge in [-0.15, -0.1) is 0 Å². The van der Waals surface area contributed by atoms with E-state index < -0.39 is 11.9 Å². The van der Waals surface area contributed by atoms with Gasteiger partial charge in [-0.3, -0.25) is 4.79 Å². The molecule has 0 unspecified atom stereocenters. The summed E-state index contributed by atoms with van der Waals surface area (Å²) in [4.78, 5) is 24.8. The molecular formula is C23H13Cl3N2O3. The normalized spacial score (nSPS) is 10.8. The van der Waals surface area contributed by atoms with Gasteiger partial charge in [-0.25, -0.2) is 4.79 Å². The SMILES string of the molecule is N#C/C(=C\c1cccc(OC(=O)c2ccc(Cl)cc2)c1)C(=O)Nc1c(Cl)cccc1Cl. The second-order valence-corrected chi connectivity index (χ2v) is 7.44. The van der Waals surface area contributed by atoms with Crippen LogP contribution in [0.2, 0.25) is 15.1 Å². The molecule has 5 nitrogen and oxygen atoms in total. The first-order valence-corrected chi connectivity index (χ1v) is 9.96. The van der Waals surface area contributed by atoms with Gasteiger partial charge in [0.15, 0.2) is 0 Å². The summed E-state index contributed by atoms with van der Waals surface area (Å²) in [6.45, 7) is 0. The lowest BCUT2D eigenvalue weighted by Gasteiger charge is -2.09. The lowest BCUT2D eigenvalue weighted by molar-refractivity contribution is -0.112. The molecule has 0 heterocycles. The molecule has 0 aliphatic rings. The summed E-state index contributed by atoms with van der Waals surface area (Å²) in [7, 11) is 0. The molecule has 0 aliphatic heterocycles. The van der Waals surface area contributed by atoms with Crippen molar-refractivity contribution in [3.8, 4) is 11.8 Å². The number of halogens is 3. The Morgan fingerprint density at radius 3 is 2.23 bits per heavy atom. The zero-order valence-corrected chi connectivity index (χ0v) is 18.0. The predicted octanol–water partition coefficient (Wildman–Crippen LogP) is 6.41. The van der Waals surface area contributed by atoms with Gasteiger partial charge in [-0.1, -0.05) is 53.0 Å². The van der Waals surface area contributed by atoms with E-state index in [0.29, 0.717) is 16.1 Å². The Bertz CT molecular complexity index is 1200. The lowest BCUT2D eigenvalue weighted by atomic mass is 10.1. The number of nitrogens with one attached hydrogen (secondary N) is 1. The highest BCUT2D eigenvalue weighted by Gasteiger charge is 2.14. The summed E-state index contributed by atoms with van der Waals surface area (Å²) in [5.41, 5.74) is 0.845. The number of carbonyl (C=O) groups is 2. The van der Waals surface area contributed by atoms with E-state index in [4.69, 9.17) is 39.5 Å². The van der Waals surface area contributed by atoms with Crippen LogP contribution >= 0.6 is 34.8 Å². The van der Waals surface area contributed by atoms with Crippen LogP contribution in [-0.4, -0.2) is 11.9 Å². The van der Waals surface area contributed by atoms with Gasteiger partial charge in [0.1, 0.15) is 17.4 Å². The highest BCUT2D eigenvalue weighted by molar-refractivity contribution is 6.40. The summed E-state index contributed by atoms with van der Waals surface area (Å²) in [5, 5.41) is 12.9. The molecule has 0 aliphatic carbocycles. The van der Waals surface area contributed by atoms with Gasteiger partial charge in [0, 0.05) is 5.02 Å². The van der Waals surface area contributed by atoms with Gasteiger partial charge in [0.05, 0.1) is 21.3 Å². The molecular weight excluding hydrogens is 459 g/mol. The highest BCUT2D eigenvalue weighted by atomic mass is 35.5. The fourth-order valence-corrected chi connectivity index (χ4v) is 3.15. The fourth-order valence-electron chi connectivity index (χ4n) is 2.53. The molecule has 0 bridgehead atoms. The first-order valence-electron chi connectivity index (χ1n) is 8.82. The average molecular weight is 472 g/mol. The third kappa shape index (κ3) is 5.87. The van der Waals surface area contributed by atoms with Gasteiger partial charge in [0.25, 0.3) is 5.91 Å². The van der Waals surface area contributed by atoms with Crippen molar-refractivity contribution >= 4 is 58.4 Å². The summed E-state index contributed by atoms with van der Waals surface area (Å²) in [5.74, 6) is -0.994. The van der Waals surface area contributed by atoms with E-state index >= 15 is 0 Å². The standard InChI is InChI=1S/C23H13Cl3N2O3/c24-17-9-7-15(8-10-17)23(30)31-18-4-1-3-14(12-18)11-16(13-27)22(29)28-21-19(25)5-2-6-20(21)26/h1-12H,(H,28,29)/b16-11+. The van der Waals surface area contributed by atoms with E-state index in [-0.39, 0.29) is 27.1 Å². The number of ether oxygens (including phenoxy) is 1. The highest BCUT2D eigenvalue weighted by Crippen LogP contribution is 2.30. The van der Waals surface area contributed by atoms with Crippen LogP contribution in [0.1, 0.15) is 15.9 Å². The van der Waals surface area contributed by atoms with Crippen LogP contribution < -0.4 is 10.1 Å². The Morgan fingerprint density at radius 2 is 1.58 bits per heavy atom. The number of para-hydroxylation sites is 1. The number of esters is 1. The molecule has 0 aromatic heterocycles. The van der Waals surface area contributed by atoms with E-state index in [0.717, 1.165) is 0 Å². The Hall–Kier alpha value is -3.30. The molecule has 0 spiro atoms. The Morgan fingerprint density at radius 1 is 0.935 bits per heavy atom. The van der Waals surface area contributed by atoms with Crippen LogP contribution in [0.5, 0.6) is 5.75 Å². The van der Waals surface area contributed by atoms with Crippen LogP contribution in [-0.2, 0) is 4.79 Å². The van der Waals surface area contributed by atoms with E-state index in [1.165, 1.54) is 12.1 Å². The smallest absolute Gasteiger partial charge is 0.343 e. The molecule has 0 radical (unpaired) electrons. The van der Waals surface area contributed by atoms with Crippen molar-refractivity contribution in [3.63, 3.8) is 0 Å². The van der Waals surface area contributed by atoms with Gasteiger partial charge < -0.3 is 10.1 Å². The average Bonchev–Trinajstić information content (AvgIpc) is 2.75. The number of rotatable bonds is 5. The van der Waals surface area contributed by atoms with Crippen LogP contribution in [0.3, 0.4) is 0 Å². The topological polar surface area (TPSA) is 79.2 Å². The molecule has 154 valence electrons. The molecule has 3 aromatic rings. The number of anilines is 1. The van der Waals surface area contributed by atoms with Gasteiger partial charge in [0.2, 0.25) is 0 Å². The number of hydrogen-bond acceptors (Lipinski definition) is 4. The zero-order chi connectivity index (χ0) is 22.4. The van der Waals surface area contributed by atoms with E-state index in [9.17, 15) is 14.9 Å². The summed E-state index contributed by atoms with van der Waals surface area (Å²) in [6, 6.07) is 19.3. The Balaban J connectivity index is 1.78. The van der Waals surface area contributed by atoms with Crippen molar-refractivity contribution in [3.05, 3.63) is 98.5 Å². The van der Waals surface area contributed by atoms with Gasteiger partial charge in [-0.05, 0) is 60.2 Å². The lowest BCUT2D eigenvalue weighted by Crippen LogP contribution is -2.14. The monoisotopic (exact) mass is 470 g/mol. The third-order valence-corrected chi connectivity index (χ3v) is 4.91. The van der Waals surface area contributed by atoms with Crippen LogP contribution in [0.4, 0.5) is 5.69 Å². The Labute approximate surface area is 193 Å². The maximum atomic E-state index is 12.5. The first kappa shape index (κ1) is 22.4. The molecule has 0 saturated carbocycles. The molecule has 31 heavy (non-hydrogen) atoms. The maximum absolute atomic E-state index is 12.5. The summed E-state index contributed by atoms with van der Waals surface area (Å²) in [6.07, 6.45) is 1.36. The second kappa shape index (κ2) is 10.1. The number of hydrogen-bond donors (Lipinski definition) is 1. The summed E-state index contributed by atoms with van der Waals surface area (Å²) >= 11 is 17.9. The minimum atomic E-state index is -0.680. The number of amides is 1. The molecule has 8 heteroatoms. The molecule has 1 N–H and O–H groups in total. The number of nitriles is 1. The number of benzene rings is 3. The fraction of sp³-hybridized carbons (Fsp3) is 0. The largest absolute Gasteiger partial charge is 0.423 e. The maximum Gasteiger partial charge on any atom is 0.343 e. The number of carbonyl (C=O) groups excluding carboxylic acids is 2. The molecule has 3 rings (SSSR count). The van der Waals surface area contributed by atoms with E-state index in [2.05, 4.69) is 5.32 Å². The van der Waals surface area contributed by atoms with E-state index in [1.54, 1.807) is 60.7 Å². The second-order valence-electron chi connectivity index (χ2n) is 6.19. The van der Waals surface area contributed by atoms with Gasteiger partial charge >= 0.3 is 5.97 Å². The van der Waals surface area contributed by atoms with Crippen molar-refractivity contribution in [1.82, 2.24) is 0 Å². The molecule has 0 fully saturated rings.